The molecule has 1 N–H and O–H groups in total. The molecule has 0 atom stereocenters. The summed E-state index contributed by atoms with van der Waals surface area (Å²) >= 11 is 0. The average molecular weight is 420 g/mol. The summed E-state index contributed by atoms with van der Waals surface area (Å²) in [5, 5.41) is 2.82. The van der Waals surface area contributed by atoms with Crippen molar-refractivity contribution in [1.82, 2.24) is 4.90 Å². The highest BCUT2D eigenvalue weighted by molar-refractivity contribution is 6.04. The van der Waals surface area contributed by atoms with Gasteiger partial charge in [0.25, 0.3) is 5.91 Å². The highest BCUT2D eigenvalue weighted by atomic mass is 19.1. The molecule has 3 rings (SSSR count). The molecule has 0 spiro atoms. The van der Waals surface area contributed by atoms with Crippen LogP contribution in [0.5, 0.6) is 0 Å². The number of rotatable bonds is 7. The molecule has 3 aromatic carbocycles. The first-order valence-electron chi connectivity index (χ1n) is 10.00. The summed E-state index contributed by atoms with van der Waals surface area (Å²) in [6.45, 7) is 2.43. The summed E-state index contributed by atoms with van der Waals surface area (Å²) in [4.78, 5) is 28.6. The van der Waals surface area contributed by atoms with Gasteiger partial charge in [-0.15, -0.1) is 0 Å². The predicted octanol–water partition coefficient (Wildman–Crippen LogP) is 4.69. The minimum Gasteiger partial charge on any atom is -0.377 e. The Balaban J connectivity index is 1.85. The summed E-state index contributed by atoms with van der Waals surface area (Å²) in [5.74, 6) is -0.896. The van der Waals surface area contributed by atoms with Gasteiger partial charge in [0.2, 0.25) is 5.91 Å². The van der Waals surface area contributed by atoms with E-state index >= 15 is 0 Å². The Bertz CT molecular complexity index is 1070. The maximum atomic E-state index is 13.4. The largest absolute Gasteiger partial charge is 0.377 e. The average Bonchev–Trinajstić information content (AvgIpc) is 2.74. The van der Waals surface area contributed by atoms with Crippen LogP contribution in [0.25, 0.3) is 0 Å². The topological polar surface area (TPSA) is 52.7 Å². The van der Waals surface area contributed by atoms with Crippen LogP contribution in [0.3, 0.4) is 0 Å². The number of nitrogens with one attached hydrogen (secondary N) is 1. The second-order valence-corrected chi connectivity index (χ2v) is 7.56. The van der Waals surface area contributed by atoms with Crippen LogP contribution in [0.1, 0.15) is 28.4 Å². The molecule has 0 aliphatic rings. The van der Waals surface area contributed by atoms with Crippen LogP contribution in [-0.2, 0) is 17.9 Å². The van der Waals surface area contributed by atoms with Crippen LogP contribution >= 0.6 is 0 Å². The van der Waals surface area contributed by atoms with E-state index in [1.54, 1.807) is 24.0 Å². The highest BCUT2D eigenvalue weighted by Gasteiger charge is 2.15. The Labute approximate surface area is 182 Å². The monoisotopic (exact) mass is 419 g/mol. The fourth-order valence-corrected chi connectivity index (χ4v) is 3.35. The van der Waals surface area contributed by atoms with Crippen LogP contribution in [0.15, 0.2) is 72.8 Å². The lowest BCUT2D eigenvalue weighted by molar-refractivity contribution is -0.130. The van der Waals surface area contributed by atoms with E-state index in [4.69, 9.17) is 0 Å². The fourth-order valence-electron chi connectivity index (χ4n) is 3.35. The van der Waals surface area contributed by atoms with Gasteiger partial charge in [-0.25, -0.2) is 4.39 Å². The zero-order valence-electron chi connectivity index (χ0n) is 17.9. The maximum Gasteiger partial charge on any atom is 0.255 e. The van der Waals surface area contributed by atoms with Crippen molar-refractivity contribution < 1.29 is 14.0 Å². The molecule has 160 valence electrons. The van der Waals surface area contributed by atoms with Crippen molar-refractivity contribution in [3.63, 3.8) is 0 Å². The van der Waals surface area contributed by atoms with Gasteiger partial charge in [-0.05, 0) is 47.5 Å². The van der Waals surface area contributed by atoms with Crippen molar-refractivity contribution in [3.05, 3.63) is 95.3 Å². The molecular formula is C25H26FN3O2. The molecule has 5 nitrogen and oxygen atoms in total. The molecular weight excluding hydrogens is 393 g/mol. The van der Waals surface area contributed by atoms with Crippen molar-refractivity contribution in [2.45, 2.75) is 20.0 Å². The van der Waals surface area contributed by atoms with Crippen molar-refractivity contribution >= 4 is 23.2 Å². The van der Waals surface area contributed by atoms with E-state index in [0.717, 1.165) is 16.8 Å². The fraction of sp³-hybridized carbons (Fsp3) is 0.200. The van der Waals surface area contributed by atoms with E-state index in [-0.39, 0.29) is 11.5 Å². The van der Waals surface area contributed by atoms with Crippen LogP contribution in [0, 0.1) is 5.82 Å². The van der Waals surface area contributed by atoms with E-state index < -0.39 is 11.7 Å². The van der Waals surface area contributed by atoms with Gasteiger partial charge in [0.05, 0.1) is 0 Å². The summed E-state index contributed by atoms with van der Waals surface area (Å²) < 4.78 is 13.4. The number of hydrogen-bond donors (Lipinski definition) is 1. The summed E-state index contributed by atoms with van der Waals surface area (Å²) in [6, 6.07) is 20.9. The first kappa shape index (κ1) is 22.0. The van der Waals surface area contributed by atoms with Crippen molar-refractivity contribution in [2.75, 3.05) is 24.3 Å². The Hall–Kier alpha value is -3.67. The molecule has 0 aliphatic heterocycles. The number of benzene rings is 3. The smallest absolute Gasteiger partial charge is 0.255 e. The highest BCUT2D eigenvalue weighted by Crippen LogP contribution is 2.25. The Morgan fingerprint density at radius 1 is 0.903 bits per heavy atom. The predicted molar refractivity (Wildman–Crippen MR) is 121 cm³/mol. The molecule has 3 aromatic rings. The zero-order valence-corrected chi connectivity index (χ0v) is 17.9. The minimum atomic E-state index is -0.464. The zero-order chi connectivity index (χ0) is 22.4. The molecule has 0 fully saturated rings. The van der Waals surface area contributed by atoms with Crippen molar-refractivity contribution in [1.29, 1.82) is 0 Å². The maximum absolute atomic E-state index is 13.4. The molecule has 0 heterocycles. The number of anilines is 2. The van der Waals surface area contributed by atoms with Crippen molar-refractivity contribution in [3.8, 4) is 0 Å². The lowest BCUT2D eigenvalue weighted by Gasteiger charge is -2.25. The van der Waals surface area contributed by atoms with Gasteiger partial charge in [0, 0.05) is 51.0 Å². The van der Waals surface area contributed by atoms with E-state index in [1.165, 1.54) is 18.2 Å². The molecule has 0 saturated heterocycles. The quantitative estimate of drug-likeness (QED) is 0.604. The Morgan fingerprint density at radius 3 is 2.29 bits per heavy atom. The normalized spacial score (nSPS) is 10.5. The molecule has 0 saturated carbocycles. The van der Waals surface area contributed by atoms with Crippen molar-refractivity contribution in [2.24, 2.45) is 0 Å². The Kier molecular flexibility index (Phi) is 7.03. The van der Waals surface area contributed by atoms with Crippen LogP contribution in [0.4, 0.5) is 15.8 Å². The van der Waals surface area contributed by atoms with Gasteiger partial charge in [0.1, 0.15) is 5.82 Å². The van der Waals surface area contributed by atoms with Gasteiger partial charge < -0.3 is 15.1 Å². The molecule has 31 heavy (non-hydrogen) atoms. The van der Waals surface area contributed by atoms with Crippen LogP contribution in [0.2, 0.25) is 0 Å². The Morgan fingerprint density at radius 2 is 1.65 bits per heavy atom. The van der Waals surface area contributed by atoms with Gasteiger partial charge >= 0.3 is 0 Å². The molecule has 0 aromatic heterocycles. The molecule has 0 bridgehead atoms. The summed E-state index contributed by atoms with van der Waals surface area (Å²) in [6.07, 6.45) is 0. The molecule has 6 heteroatoms. The lowest BCUT2D eigenvalue weighted by atomic mass is 10.1. The SMILES string of the molecule is CC(=O)N(Cc1ccccc1)Cc1cc(NC(=O)c2cccc(F)c2)ccc1N(C)C. The molecule has 2 amide bonds. The number of hydrogen-bond acceptors (Lipinski definition) is 3. The lowest BCUT2D eigenvalue weighted by Crippen LogP contribution is -2.28. The third kappa shape index (κ3) is 5.92. The number of halogens is 1. The van der Waals surface area contributed by atoms with Crippen LogP contribution in [-0.4, -0.2) is 30.8 Å². The molecule has 0 radical (unpaired) electrons. The van der Waals surface area contributed by atoms with Gasteiger partial charge in [-0.1, -0.05) is 36.4 Å². The van der Waals surface area contributed by atoms with E-state index in [9.17, 15) is 14.0 Å². The first-order chi connectivity index (χ1) is 14.8. The molecule has 0 aliphatic carbocycles. The van der Waals surface area contributed by atoms with E-state index in [1.807, 2.05) is 61.5 Å². The van der Waals surface area contributed by atoms with Gasteiger partial charge in [-0.2, -0.15) is 0 Å². The second-order valence-electron chi connectivity index (χ2n) is 7.56. The third-order valence-electron chi connectivity index (χ3n) is 4.93. The van der Waals surface area contributed by atoms with Gasteiger partial charge in [-0.3, -0.25) is 9.59 Å². The number of carbonyl (C=O) groups excluding carboxylic acids is 2. The number of nitrogens with zero attached hydrogens (tertiary/aromatic N) is 2. The second kappa shape index (κ2) is 9.89. The summed E-state index contributed by atoms with van der Waals surface area (Å²) in [7, 11) is 3.86. The van der Waals surface area contributed by atoms with E-state index in [2.05, 4.69) is 5.32 Å². The molecule has 0 unspecified atom stereocenters. The van der Waals surface area contributed by atoms with Gasteiger partial charge in [0.15, 0.2) is 0 Å². The first-order valence-corrected chi connectivity index (χ1v) is 10.00. The third-order valence-corrected chi connectivity index (χ3v) is 4.93. The number of amides is 2. The van der Waals surface area contributed by atoms with E-state index in [0.29, 0.717) is 18.8 Å². The number of carbonyl (C=O) groups is 2. The van der Waals surface area contributed by atoms with Crippen LogP contribution < -0.4 is 10.2 Å². The standard InChI is InChI=1S/C25H26FN3O2/c1-18(30)29(16-19-8-5-4-6-9-19)17-21-15-23(12-13-24(21)28(2)3)27-25(31)20-10-7-11-22(26)14-20/h4-15H,16-17H2,1-3H3,(H,27,31). The summed E-state index contributed by atoms with van der Waals surface area (Å²) in [5.41, 5.74) is 3.71. The minimum absolute atomic E-state index is 0.0391.